The molecule has 1 heterocycles. The van der Waals surface area contributed by atoms with Crippen molar-refractivity contribution in [2.45, 2.75) is 13.8 Å². The highest BCUT2D eigenvalue weighted by molar-refractivity contribution is 5.90. The van der Waals surface area contributed by atoms with Gasteiger partial charge in [-0.05, 0) is 49.2 Å². The molecule has 0 N–H and O–H groups in total. The molecule has 3 aromatic rings. The third-order valence-electron chi connectivity index (χ3n) is 3.99. The molecule has 2 heteroatoms. The number of nitrogens with zero attached hydrogens (tertiary/aromatic N) is 2. The zero-order chi connectivity index (χ0) is 16.2. The monoisotopic (exact) mass is 298 g/mol. The summed E-state index contributed by atoms with van der Waals surface area (Å²) >= 11 is 0. The van der Waals surface area contributed by atoms with Gasteiger partial charge in [-0.15, -0.1) is 0 Å². The lowest BCUT2D eigenvalue weighted by atomic mass is 10.0. The fourth-order valence-electron chi connectivity index (χ4n) is 2.86. The first-order valence-electron chi connectivity index (χ1n) is 7.62. The summed E-state index contributed by atoms with van der Waals surface area (Å²) in [7, 11) is 0. The van der Waals surface area contributed by atoms with Crippen LogP contribution in [0.15, 0.2) is 66.7 Å². The second-order valence-electron chi connectivity index (χ2n) is 5.53. The predicted molar refractivity (Wildman–Crippen MR) is 95.2 cm³/mol. The summed E-state index contributed by atoms with van der Waals surface area (Å²) in [6.07, 6.45) is 1.97. The van der Waals surface area contributed by atoms with Gasteiger partial charge >= 0.3 is 0 Å². The van der Waals surface area contributed by atoms with Gasteiger partial charge in [-0.25, -0.2) is 0 Å². The van der Waals surface area contributed by atoms with Crippen LogP contribution in [0.3, 0.4) is 0 Å². The predicted octanol–water partition coefficient (Wildman–Crippen LogP) is 5.16. The molecular weight excluding hydrogens is 280 g/mol. The number of para-hydroxylation sites is 1. The molecule has 0 radical (unpaired) electrons. The molecule has 0 aliphatic carbocycles. The maximum absolute atomic E-state index is 9.50. The van der Waals surface area contributed by atoms with Crippen molar-refractivity contribution >= 4 is 11.6 Å². The van der Waals surface area contributed by atoms with Gasteiger partial charge in [0.05, 0.1) is 11.6 Å². The fourth-order valence-corrected chi connectivity index (χ4v) is 2.86. The Balaban J connectivity index is 2.09. The Hall–Kier alpha value is -3.05. The molecule has 0 atom stereocenters. The van der Waals surface area contributed by atoms with E-state index < -0.39 is 0 Å². The van der Waals surface area contributed by atoms with Crippen molar-refractivity contribution in [3.63, 3.8) is 0 Å². The van der Waals surface area contributed by atoms with E-state index in [1.54, 1.807) is 0 Å². The third-order valence-corrected chi connectivity index (χ3v) is 3.99. The van der Waals surface area contributed by atoms with Crippen LogP contribution in [0, 0.1) is 25.2 Å². The van der Waals surface area contributed by atoms with E-state index in [0.29, 0.717) is 5.57 Å². The summed E-state index contributed by atoms with van der Waals surface area (Å²) in [5.41, 5.74) is 6.13. The summed E-state index contributed by atoms with van der Waals surface area (Å²) in [4.78, 5) is 0. The molecule has 2 nitrogen and oxygen atoms in total. The van der Waals surface area contributed by atoms with Crippen molar-refractivity contribution in [1.29, 1.82) is 5.26 Å². The Morgan fingerprint density at radius 2 is 1.57 bits per heavy atom. The SMILES string of the molecule is Cc1cc(C=C(C#N)c2ccccc2)c(C)n1-c1ccccc1. The first-order valence-corrected chi connectivity index (χ1v) is 7.62. The second-order valence-corrected chi connectivity index (χ2v) is 5.53. The molecule has 112 valence electrons. The molecule has 1 aromatic heterocycles. The van der Waals surface area contributed by atoms with Crippen LogP contribution in [0.25, 0.3) is 17.3 Å². The number of benzene rings is 2. The van der Waals surface area contributed by atoms with Gasteiger partial charge in [0.2, 0.25) is 0 Å². The Bertz CT molecular complexity index is 879. The third kappa shape index (κ3) is 2.95. The number of nitriles is 1. The molecule has 0 aliphatic rings. The normalized spacial score (nSPS) is 11.3. The molecule has 23 heavy (non-hydrogen) atoms. The van der Waals surface area contributed by atoms with E-state index in [9.17, 15) is 5.26 Å². The van der Waals surface area contributed by atoms with Crippen LogP contribution < -0.4 is 0 Å². The Labute approximate surface area is 136 Å². The molecule has 0 saturated carbocycles. The zero-order valence-corrected chi connectivity index (χ0v) is 13.3. The van der Waals surface area contributed by atoms with Crippen LogP contribution in [-0.2, 0) is 0 Å². The van der Waals surface area contributed by atoms with Gasteiger partial charge in [0, 0.05) is 17.1 Å². The molecule has 0 fully saturated rings. The van der Waals surface area contributed by atoms with Crippen molar-refractivity contribution in [3.8, 4) is 11.8 Å². The number of rotatable bonds is 3. The molecule has 0 unspecified atom stereocenters. The maximum Gasteiger partial charge on any atom is 0.0998 e. The lowest BCUT2D eigenvalue weighted by Crippen LogP contribution is -1.98. The van der Waals surface area contributed by atoms with Crippen LogP contribution in [0.2, 0.25) is 0 Å². The highest BCUT2D eigenvalue weighted by atomic mass is 15.0. The van der Waals surface area contributed by atoms with Gasteiger partial charge in [0.25, 0.3) is 0 Å². The number of hydrogen-bond acceptors (Lipinski definition) is 1. The number of hydrogen-bond donors (Lipinski definition) is 0. The molecule has 0 saturated heterocycles. The van der Waals surface area contributed by atoms with Gasteiger partial charge in [-0.1, -0.05) is 48.5 Å². The maximum atomic E-state index is 9.50. The largest absolute Gasteiger partial charge is 0.318 e. The Morgan fingerprint density at radius 1 is 0.957 bits per heavy atom. The van der Waals surface area contributed by atoms with Crippen LogP contribution >= 0.6 is 0 Å². The van der Waals surface area contributed by atoms with Crippen molar-refractivity contribution in [2.24, 2.45) is 0 Å². The van der Waals surface area contributed by atoms with E-state index in [1.165, 1.54) is 0 Å². The lowest BCUT2D eigenvalue weighted by Gasteiger charge is -2.09. The highest BCUT2D eigenvalue weighted by Gasteiger charge is 2.10. The van der Waals surface area contributed by atoms with Gasteiger partial charge in [0.1, 0.15) is 0 Å². The van der Waals surface area contributed by atoms with Crippen LogP contribution in [0.1, 0.15) is 22.5 Å². The van der Waals surface area contributed by atoms with E-state index in [4.69, 9.17) is 0 Å². The Morgan fingerprint density at radius 3 is 2.17 bits per heavy atom. The molecule has 0 bridgehead atoms. The molecule has 0 amide bonds. The average Bonchev–Trinajstić information content (AvgIpc) is 2.88. The minimum Gasteiger partial charge on any atom is -0.318 e. The first-order chi connectivity index (χ1) is 11.2. The van der Waals surface area contributed by atoms with E-state index in [0.717, 1.165) is 28.2 Å². The number of aryl methyl sites for hydroxylation is 1. The van der Waals surface area contributed by atoms with Crippen molar-refractivity contribution in [1.82, 2.24) is 4.57 Å². The molecule has 0 aliphatic heterocycles. The van der Waals surface area contributed by atoms with E-state index >= 15 is 0 Å². The van der Waals surface area contributed by atoms with E-state index in [2.05, 4.69) is 42.7 Å². The molecule has 3 rings (SSSR count). The van der Waals surface area contributed by atoms with Gasteiger partial charge in [-0.3, -0.25) is 0 Å². The topological polar surface area (TPSA) is 28.7 Å². The summed E-state index contributed by atoms with van der Waals surface area (Å²) < 4.78 is 2.21. The highest BCUT2D eigenvalue weighted by Crippen LogP contribution is 2.25. The molecule has 2 aromatic carbocycles. The first kappa shape index (κ1) is 14.9. The summed E-state index contributed by atoms with van der Waals surface area (Å²) in [6.45, 7) is 4.18. The van der Waals surface area contributed by atoms with E-state index in [1.807, 2.05) is 54.6 Å². The fraction of sp³-hybridized carbons (Fsp3) is 0.0952. The Kier molecular flexibility index (Phi) is 4.12. The number of allylic oxidation sites excluding steroid dienone is 1. The van der Waals surface area contributed by atoms with Crippen LogP contribution in [-0.4, -0.2) is 4.57 Å². The smallest absolute Gasteiger partial charge is 0.0998 e. The lowest BCUT2D eigenvalue weighted by molar-refractivity contribution is 0.964. The van der Waals surface area contributed by atoms with Gasteiger partial charge in [0.15, 0.2) is 0 Å². The van der Waals surface area contributed by atoms with Crippen molar-refractivity contribution in [3.05, 3.63) is 89.2 Å². The van der Waals surface area contributed by atoms with Crippen molar-refractivity contribution < 1.29 is 0 Å². The summed E-state index contributed by atoms with van der Waals surface area (Å²) in [6, 6.07) is 24.5. The van der Waals surface area contributed by atoms with Crippen LogP contribution in [0.5, 0.6) is 0 Å². The minimum atomic E-state index is 0.680. The van der Waals surface area contributed by atoms with E-state index in [-0.39, 0.29) is 0 Å². The second kappa shape index (κ2) is 6.37. The summed E-state index contributed by atoms with van der Waals surface area (Å²) in [5, 5.41) is 9.50. The van der Waals surface area contributed by atoms with Gasteiger partial charge < -0.3 is 4.57 Å². The van der Waals surface area contributed by atoms with Crippen LogP contribution in [0.4, 0.5) is 0 Å². The average molecular weight is 298 g/mol. The number of aromatic nitrogens is 1. The van der Waals surface area contributed by atoms with Crippen molar-refractivity contribution in [2.75, 3.05) is 0 Å². The van der Waals surface area contributed by atoms with Gasteiger partial charge in [-0.2, -0.15) is 5.26 Å². The quantitative estimate of drug-likeness (QED) is 0.614. The zero-order valence-electron chi connectivity index (χ0n) is 13.3. The minimum absolute atomic E-state index is 0.680. The molecular formula is C21H18N2. The molecule has 0 spiro atoms. The summed E-state index contributed by atoms with van der Waals surface area (Å²) in [5.74, 6) is 0. The standard InChI is InChI=1S/C21H18N2/c1-16-13-19(14-20(15-22)18-9-5-3-6-10-18)17(2)23(16)21-11-7-4-8-12-21/h3-14H,1-2H3.